The molecule has 0 saturated heterocycles. The number of hydrogen-bond donors (Lipinski definition) is 1. The molecule has 0 radical (unpaired) electrons. The summed E-state index contributed by atoms with van der Waals surface area (Å²) in [6.07, 6.45) is 5.12. The summed E-state index contributed by atoms with van der Waals surface area (Å²) in [6, 6.07) is 0.0856. The zero-order valence-electron chi connectivity index (χ0n) is 7.71. The molecule has 72 valence electrons. The molecule has 0 bridgehead atoms. The summed E-state index contributed by atoms with van der Waals surface area (Å²) in [7, 11) is 1.90. The highest BCUT2D eigenvalue weighted by Crippen LogP contribution is 2.19. The minimum atomic E-state index is 0.0856. The van der Waals surface area contributed by atoms with Crippen molar-refractivity contribution in [2.24, 2.45) is 0 Å². The summed E-state index contributed by atoms with van der Waals surface area (Å²) < 4.78 is 0. The molecule has 4 nitrogen and oxygen atoms in total. The van der Waals surface area contributed by atoms with Crippen molar-refractivity contribution < 1.29 is 0 Å². The van der Waals surface area contributed by atoms with Gasteiger partial charge in [0.15, 0.2) is 0 Å². The van der Waals surface area contributed by atoms with Crippen molar-refractivity contribution in [2.75, 3.05) is 7.05 Å². The molecule has 2 heterocycles. The van der Waals surface area contributed by atoms with Gasteiger partial charge in [0.1, 0.15) is 6.33 Å². The fourth-order valence-electron chi connectivity index (χ4n) is 1.31. The molecule has 0 saturated carbocycles. The van der Waals surface area contributed by atoms with Crippen molar-refractivity contribution in [1.82, 2.24) is 20.3 Å². The third-order valence-corrected chi connectivity index (χ3v) is 2.55. The van der Waals surface area contributed by atoms with Gasteiger partial charge in [-0.05, 0) is 7.05 Å². The SMILES string of the molecule is CNC(c1cncnc1)c1cscn1. The van der Waals surface area contributed by atoms with Crippen molar-refractivity contribution in [3.8, 4) is 0 Å². The fraction of sp³-hybridized carbons (Fsp3) is 0.222. The van der Waals surface area contributed by atoms with E-state index >= 15 is 0 Å². The van der Waals surface area contributed by atoms with E-state index in [1.54, 1.807) is 23.7 Å². The molecule has 2 aromatic rings. The minimum Gasteiger partial charge on any atom is -0.308 e. The first-order chi connectivity index (χ1) is 6.92. The summed E-state index contributed by atoms with van der Waals surface area (Å²) in [5.41, 5.74) is 3.86. The molecule has 2 aromatic heterocycles. The highest BCUT2D eigenvalue weighted by Gasteiger charge is 2.13. The van der Waals surface area contributed by atoms with Crippen LogP contribution in [0.5, 0.6) is 0 Å². The first-order valence-corrected chi connectivity index (χ1v) is 5.16. The summed E-state index contributed by atoms with van der Waals surface area (Å²) in [5.74, 6) is 0. The largest absolute Gasteiger partial charge is 0.308 e. The number of thiazole rings is 1. The smallest absolute Gasteiger partial charge is 0.115 e. The van der Waals surface area contributed by atoms with Crippen LogP contribution in [-0.4, -0.2) is 22.0 Å². The van der Waals surface area contributed by atoms with E-state index in [1.807, 2.05) is 17.9 Å². The third kappa shape index (κ3) is 1.78. The Morgan fingerprint density at radius 2 is 2.14 bits per heavy atom. The normalized spacial score (nSPS) is 12.6. The van der Waals surface area contributed by atoms with Gasteiger partial charge in [0, 0.05) is 23.3 Å². The maximum absolute atomic E-state index is 4.26. The maximum Gasteiger partial charge on any atom is 0.115 e. The van der Waals surface area contributed by atoms with Crippen LogP contribution in [0.15, 0.2) is 29.6 Å². The Morgan fingerprint density at radius 3 is 2.71 bits per heavy atom. The topological polar surface area (TPSA) is 50.7 Å². The number of nitrogens with zero attached hydrogens (tertiary/aromatic N) is 3. The van der Waals surface area contributed by atoms with E-state index in [9.17, 15) is 0 Å². The second-order valence-electron chi connectivity index (χ2n) is 2.81. The molecule has 0 spiro atoms. The lowest BCUT2D eigenvalue weighted by Gasteiger charge is -2.12. The fourth-order valence-corrected chi connectivity index (χ4v) is 1.89. The zero-order chi connectivity index (χ0) is 9.80. The van der Waals surface area contributed by atoms with Crippen molar-refractivity contribution in [3.63, 3.8) is 0 Å². The van der Waals surface area contributed by atoms with Crippen LogP contribution in [0, 0.1) is 0 Å². The van der Waals surface area contributed by atoms with Crippen LogP contribution in [0.4, 0.5) is 0 Å². The van der Waals surface area contributed by atoms with Crippen LogP contribution < -0.4 is 5.32 Å². The Labute approximate surface area is 86.1 Å². The van der Waals surface area contributed by atoms with E-state index in [0.29, 0.717) is 0 Å². The van der Waals surface area contributed by atoms with Crippen molar-refractivity contribution in [2.45, 2.75) is 6.04 Å². The van der Waals surface area contributed by atoms with Gasteiger partial charge < -0.3 is 5.32 Å². The predicted octanol–water partition coefficient (Wildman–Crippen LogP) is 1.24. The van der Waals surface area contributed by atoms with Gasteiger partial charge in [-0.25, -0.2) is 15.0 Å². The van der Waals surface area contributed by atoms with Crippen LogP contribution in [-0.2, 0) is 0 Å². The van der Waals surface area contributed by atoms with E-state index in [-0.39, 0.29) is 6.04 Å². The molecule has 0 fully saturated rings. The quantitative estimate of drug-likeness (QED) is 0.821. The lowest BCUT2D eigenvalue weighted by molar-refractivity contribution is 0.669. The first-order valence-electron chi connectivity index (χ1n) is 4.22. The van der Waals surface area contributed by atoms with E-state index in [2.05, 4.69) is 20.3 Å². The number of rotatable bonds is 3. The van der Waals surface area contributed by atoms with Gasteiger partial charge >= 0.3 is 0 Å². The average molecular weight is 206 g/mol. The minimum absolute atomic E-state index is 0.0856. The van der Waals surface area contributed by atoms with Gasteiger partial charge in [-0.1, -0.05) is 0 Å². The molecule has 1 atom stereocenters. The Hall–Kier alpha value is -1.33. The Balaban J connectivity index is 2.31. The van der Waals surface area contributed by atoms with E-state index < -0.39 is 0 Å². The van der Waals surface area contributed by atoms with Gasteiger partial charge in [0.2, 0.25) is 0 Å². The Morgan fingerprint density at radius 1 is 1.36 bits per heavy atom. The van der Waals surface area contributed by atoms with E-state index in [0.717, 1.165) is 11.3 Å². The molecule has 0 aliphatic heterocycles. The Bertz CT molecular complexity index is 373. The van der Waals surface area contributed by atoms with Crippen molar-refractivity contribution in [3.05, 3.63) is 40.9 Å². The van der Waals surface area contributed by atoms with E-state index in [4.69, 9.17) is 0 Å². The van der Waals surface area contributed by atoms with Crippen LogP contribution in [0.3, 0.4) is 0 Å². The lowest BCUT2D eigenvalue weighted by atomic mass is 10.1. The Kier molecular flexibility index (Phi) is 2.81. The molecular weight excluding hydrogens is 196 g/mol. The van der Waals surface area contributed by atoms with Gasteiger partial charge in [-0.15, -0.1) is 11.3 Å². The molecule has 14 heavy (non-hydrogen) atoms. The van der Waals surface area contributed by atoms with Crippen LogP contribution >= 0.6 is 11.3 Å². The highest BCUT2D eigenvalue weighted by atomic mass is 32.1. The molecular formula is C9H10N4S. The highest BCUT2D eigenvalue weighted by molar-refractivity contribution is 7.07. The molecule has 0 aliphatic carbocycles. The van der Waals surface area contributed by atoms with Crippen LogP contribution in [0.2, 0.25) is 0 Å². The summed E-state index contributed by atoms with van der Waals surface area (Å²) in [4.78, 5) is 12.2. The second kappa shape index (κ2) is 4.26. The van der Waals surface area contributed by atoms with Gasteiger partial charge in [0.25, 0.3) is 0 Å². The molecule has 5 heteroatoms. The molecule has 1 N–H and O–H groups in total. The number of aromatic nitrogens is 3. The molecule has 2 rings (SSSR count). The summed E-state index contributed by atoms with van der Waals surface area (Å²) in [5, 5.41) is 5.21. The zero-order valence-corrected chi connectivity index (χ0v) is 8.53. The lowest BCUT2D eigenvalue weighted by Crippen LogP contribution is -2.18. The number of nitrogens with one attached hydrogen (secondary N) is 1. The molecule has 0 amide bonds. The summed E-state index contributed by atoms with van der Waals surface area (Å²) in [6.45, 7) is 0. The molecule has 0 aliphatic rings. The van der Waals surface area contributed by atoms with Gasteiger partial charge in [-0.2, -0.15) is 0 Å². The standard InChI is InChI=1S/C9H10N4S/c1-10-9(8-4-14-6-13-8)7-2-11-5-12-3-7/h2-6,9-10H,1H3. The first kappa shape index (κ1) is 9.23. The third-order valence-electron chi connectivity index (χ3n) is 1.95. The van der Waals surface area contributed by atoms with Crippen molar-refractivity contribution >= 4 is 11.3 Å². The maximum atomic E-state index is 4.26. The summed E-state index contributed by atoms with van der Waals surface area (Å²) >= 11 is 1.59. The predicted molar refractivity (Wildman–Crippen MR) is 55.0 cm³/mol. The second-order valence-corrected chi connectivity index (χ2v) is 3.53. The van der Waals surface area contributed by atoms with Gasteiger partial charge in [-0.3, -0.25) is 0 Å². The van der Waals surface area contributed by atoms with Crippen molar-refractivity contribution in [1.29, 1.82) is 0 Å². The monoisotopic (exact) mass is 206 g/mol. The van der Waals surface area contributed by atoms with Gasteiger partial charge in [0.05, 0.1) is 17.2 Å². The van der Waals surface area contributed by atoms with E-state index in [1.165, 1.54) is 6.33 Å². The molecule has 1 unspecified atom stereocenters. The average Bonchev–Trinajstić information content (AvgIpc) is 2.74. The van der Waals surface area contributed by atoms with Crippen LogP contribution in [0.1, 0.15) is 17.3 Å². The number of hydrogen-bond acceptors (Lipinski definition) is 5. The van der Waals surface area contributed by atoms with Crippen LogP contribution in [0.25, 0.3) is 0 Å². The molecule has 0 aromatic carbocycles.